The fourth-order valence-electron chi connectivity index (χ4n) is 4.80. The van der Waals surface area contributed by atoms with Crippen LogP contribution in [0.25, 0.3) is 10.9 Å². The summed E-state index contributed by atoms with van der Waals surface area (Å²) in [5, 5.41) is 5.36. The van der Waals surface area contributed by atoms with Gasteiger partial charge in [0.1, 0.15) is 0 Å². The van der Waals surface area contributed by atoms with Gasteiger partial charge in [-0.25, -0.2) is 0 Å². The molecule has 0 N–H and O–H groups in total. The fraction of sp³-hybridized carbons (Fsp3) is 0.409. The predicted octanol–water partition coefficient (Wildman–Crippen LogP) is 2.30. The van der Waals surface area contributed by atoms with Crippen LogP contribution in [0.3, 0.4) is 0 Å². The van der Waals surface area contributed by atoms with Crippen LogP contribution in [0, 0.1) is 17.8 Å². The highest BCUT2D eigenvalue weighted by Gasteiger charge is 2.59. The van der Waals surface area contributed by atoms with E-state index in [-0.39, 0.29) is 11.8 Å². The predicted molar refractivity (Wildman–Crippen MR) is 107 cm³/mol. The maximum Gasteiger partial charge on any atom is 0.226 e. The van der Waals surface area contributed by atoms with Gasteiger partial charge in [-0.2, -0.15) is 5.10 Å². The smallest absolute Gasteiger partial charge is 0.226 e. The van der Waals surface area contributed by atoms with E-state index in [0.717, 1.165) is 36.1 Å². The molecule has 5 rings (SSSR count). The van der Waals surface area contributed by atoms with Crippen molar-refractivity contribution in [2.24, 2.45) is 24.8 Å². The molecule has 144 valence electrons. The Balaban J connectivity index is 1.20. The molecule has 1 aromatic carbocycles. The lowest BCUT2D eigenvalue weighted by Crippen LogP contribution is -2.33. The molecule has 6 heteroatoms. The molecule has 1 saturated carbocycles. The normalized spacial score (nSPS) is 23.7. The van der Waals surface area contributed by atoms with Crippen molar-refractivity contribution in [3.8, 4) is 0 Å². The summed E-state index contributed by atoms with van der Waals surface area (Å²) in [6.07, 6.45) is 5.81. The number of likely N-dealkylation sites (tertiary alicyclic amines) is 1. The molecule has 1 amide bonds. The van der Waals surface area contributed by atoms with Gasteiger partial charge in [0.05, 0.1) is 11.7 Å². The number of nitrogens with zero attached hydrogens (tertiary/aromatic N) is 5. The summed E-state index contributed by atoms with van der Waals surface area (Å²) in [6.45, 7) is 3.57. The first-order chi connectivity index (χ1) is 13.6. The third-order valence-electron chi connectivity index (χ3n) is 6.22. The molecule has 3 aromatic rings. The first kappa shape index (κ1) is 17.4. The first-order valence-corrected chi connectivity index (χ1v) is 9.87. The minimum atomic E-state index is 0.193. The van der Waals surface area contributed by atoms with E-state index in [2.05, 4.69) is 39.4 Å². The summed E-state index contributed by atoms with van der Waals surface area (Å²) in [7, 11) is 3.87. The average Bonchev–Trinajstić information content (AvgIpc) is 3.00. The van der Waals surface area contributed by atoms with Crippen molar-refractivity contribution in [1.82, 2.24) is 24.6 Å². The van der Waals surface area contributed by atoms with Crippen LogP contribution in [0.2, 0.25) is 0 Å². The van der Waals surface area contributed by atoms with Crippen LogP contribution in [-0.4, -0.2) is 50.6 Å². The van der Waals surface area contributed by atoms with Crippen molar-refractivity contribution in [3.63, 3.8) is 0 Å². The third-order valence-corrected chi connectivity index (χ3v) is 6.22. The summed E-state index contributed by atoms with van der Waals surface area (Å²) in [6, 6.07) is 10.2. The van der Waals surface area contributed by atoms with Gasteiger partial charge in [-0.3, -0.25) is 19.4 Å². The zero-order valence-corrected chi connectivity index (χ0v) is 16.3. The number of aromatic nitrogens is 3. The van der Waals surface area contributed by atoms with Gasteiger partial charge in [0.15, 0.2) is 0 Å². The Hall–Kier alpha value is -2.73. The zero-order valence-electron chi connectivity index (χ0n) is 16.3. The second kappa shape index (κ2) is 6.71. The minimum Gasteiger partial charge on any atom is -0.341 e. The molecule has 2 unspecified atom stereocenters. The maximum atomic E-state index is 13.0. The highest BCUT2D eigenvalue weighted by Crippen LogP contribution is 2.52. The molecule has 28 heavy (non-hydrogen) atoms. The molecule has 1 aliphatic heterocycles. The molecule has 1 saturated heterocycles. The van der Waals surface area contributed by atoms with E-state index in [4.69, 9.17) is 0 Å². The Morgan fingerprint density at radius 2 is 2.00 bits per heavy atom. The minimum absolute atomic E-state index is 0.193. The molecule has 0 spiro atoms. The largest absolute Gasteiger partial charge is 0.341 e. The number of hydrogen-bond donors (Lipinski definition) is 0. The molecule has 1 aliphatic carbocycles. The molecule has 2 aliphatic rings. The summed E-state index contributed by atoms with van der Waals surface area (Å²) < 4.78 is 1.84. The Bertz CT molecular complexity index is 1010. The Morgan fingerprint density at radius 1 is 1.21 bits per heavy atom. The van der Waals surface area contributed by atoms with Gasteiger partial charge < -0.3 is 4.90 Å². The number of carbonyl (C=O) groups is 1. The van der Waals surface area contributed by atoms with Crippen LogP contribution < -0.4 is 0 Å². The van der Waals surface area contributed by atoms with E-state index in [9.17, 15) is 4.79 Å². The summed E-state index contributed by atoms with van der Waals surface area (Å²) >= 11 is 0. The Morgan fingerprint density at radius 3 is 2.75 bits per heavy atom. The molecule has 3 heterocycles. The standard InChI is InChI=1S/C22H25N5O/c1-25(12-17-6-3-5-16-7-4-8-23-21(16)17)22(28)20-18-13-27(14-19(18)20)11-15-9-24-26(2)10-15/h3-10,18-20H,11-14H2,1-2H3. The number of para-hydroxylation sites is 1. The van der Waals surface area contributed by atoms with Crippen LogP contribution in [-0.2, 0) is 24.9 Å². The molecule has 2 fully saturated rings. The zero-order chi connectivity index (χ0) is 19.3. The van der Waals surface area contributed by atoms with Gasteiger partial charge >= 0.3 is 0 Å². The lowest BCUT2D eigenvalue weighted by atomic mass is 10.1. The summed E-state index contributed by atoms with van der Waals surface area (Å²) in [5.74, 6) is 1.50. The highest BCUT2D eigenvalue weighted by atomic mass is 16.2. The van der Waals surface area contributed by atoms with Crippen molar-refractivity contribution in [2.45, 2.75) is 13.1 Å². The number of hydrogen-bond acceptors (Lipinski definition) is 4. The second-order valence-corrected chi connectivity index (χ2v) is 8.26. The van der Waals surface area contributed by atoms with E-state index in [0.29, 0.717) is 18.4 Å². The Kier molecular flexibility index (Phi) is 4.16. The van der Waals surface area contributed by atoms with Crippen molar-refractivity contribution < 1.29 is 4.79 Å². The van der Waals surface area contributed by atoms with Crippen LogP contribution >= 0.6 is 0 Å². The average molecular weight is 375 g/mol. The van der Waals surface area contributed by atoms with Crippen LogP contribution in [0.4, 0.5) is 0 Å². The molecule has 6 nitrogen and oxygen atoms in total. The van der Waals surface area contributed by atoms with E-state index in [1.807, 2.05) is 48.2 Å². The first-order valence-electron chi connectivity index (χ1n) is 9.87. The van der Waals surface area contributed by atoms with Gasteiger partial charge in [0.25, 0.3) is 0 Å². The number of amides is 1. The topological polar surface area (TPSA) is 54.3 Å². The van der Waals surface area contributed by atoms with Gasteiger partial charge in [-0.1, -0.05) is 24.3 Å². The third kappa shape index (κ3) is 3.07. The lowest BCUT2D eigenvalue weighted by molar-refractivity contribution is -0.132. The van der Waals surface area contributed by atoms with Gasteiger partial charge in [0, 0.05) is 69.5 Å². The second-order valence-electron chi connectivity index (χ2n) is 8.26. The number of carbonyl (C=O) groups excluding carboxylic acids is 1. The molecule has 2 aromatic heterocycles. The SMILES string of the molecule is CN(Cc1cccc2cccnc12)C(=O)C1C2CN(Cc3cnn(C)c3)CC21. The molecule has 2 atom stereocenters. The fourth-order valence-corrected chi connectivity index (χ4v) is 4.80. The van der Waals surface area contributed by atoms with E-state index in [1.165, 1.54) is 5.56 Å². The van der Waals surface area contributed by atoms with E-state index >= 15 is 0 Å². The number of fused-ring (bicyclic) bond motifs is 2. The molecule has 0 bridgehead atoms. The number of rotatable bonds is 5. The van der Waals surface area contributed by atoms with Gasteiger partial charge in [-0.15, -0.1) is 0 Å². The van der Waals surface area contributed by atoms with Crippen molar-refractivity contribution in [2.75, 3.05) is 20.1 Å². The van der Waals surface area contributed by atoms with Crippen molar-refractivity contribution in [3.05, 3.63) is 60.0 Å². The van der Waals surface area contributed by atoms with Crippen molar-refractivity contribution in [1.29, 1.82) is 0 Å². The quantitative estimate of drug-likeness (QED) is 0.687. The lowest BCUT2D eigenvalue weighted by Gasteiger charge is -2.22. The number of benzene rings is 1. The Labute approximate surface area is 164 Å². The van der Waals surface area contributed by atoms with Crippen LogP contribution in [0.5, 0.6) is 0 Å². The summed E-state index contributed by atoms with van der Waals surface area (Å²) in [4.78, 5) is 21.8. The number of pyridine rings is 1. The van der Waals surface area contributed by atoms with Crippen molar-refractivity contribution >= 4 is 16.8 Å². The molecular formula is C22H25N5O. The van der Waals surface area contributed by atoms with E-state index in [1.54, 1.807) is 0 Å². The number of aryl methyl sites for hydroxylation is 1. The molecule has 0 radical (unpaired) electrons. The van der Waals surface area contributed by atoms with Gasteiger partial charge in [0.2, 0.25) is 5.91 Å². The van der Waals surface area contributed by atoms with Crippen LogP contribution in [0.15, 0.2) is 48.9 Å². The monoisotopic (exact) mass is 375 g/mol. The number of piperidine rings is 1. The van der Waals surface area contributed by atoms with Gasteiger partial charge in [-0.05, 0) is 23.5 Å². The molecular weight excluding hydrogens is 350 g/mol. The van der Waals surface area contributed by atoms with Crippen LogP contribution in [0.1, 0.15) is 11.1 Å². The highest BCUT2D eigenvalue weighted by molar-refractivity contribution is 5.84. The summed E-state index contributed by atoms with van der Waals surface area (Å²) in [5.41, 5.74) is 3.34. The maximum absolute atomic E-state index is 13.0. The van der Waals surface area contributed by atoms with E-state index < -0.39 is 0 Å².